The zero-order valence-electron chi connectivity index (χ0n) is 9.45. The van der Waals surface area contributed by atoms with Gasteiger partial charge in [0.1, 0.15) is 0 Å². The summed E-state index contributed by atoms with van der Waals surface area (Å²) in [4.78, 5) is 10.8. The van der Waals surface area contributed by atoms with E-state index >= 15 is 0 Å². The summed E-state index contributed by atoms with van der Waals surface area (Å²) >= 11 is 0. The summed E-state index contributed by atoms with van der Waals surface area (Å²) in [5, 5.41) is 17.9. The smallest absolute Gasteiger partial charge is 0.162 e. The zero-order chi connectivity index (χ0) is 11.9. The van der Waals surface area contributed by atoms with E-state index in [1.54, 1.807) is 0 Å². The molecule has 0 N–H and O–H groups in total. The number of allylic oxidation sites excluding steroid dienone is 2. The number of carbonyl (C=O) groups is 1. The molecular formula is C12H16N2O. The Balaban J connectivity index is 4.70. The molecule has 0 fully saturated rings. The van der Waals surface area contributed by atoms with Gasteiger partial charge < -0.3 is 0 Å². The van der Waals surface area contributed by atoms with Crippen molar-refractivity contribution in [2.45, 2.75) is 33.6 Å². The highest BCUT2D eigenvalue weighted by Crippen LogP contribution is 2.26. The lowest BCUT2D eigenvalue weighted by atomic mass is 9.83. The molecule has 0 bridgehead atoms. The molecule has 0 radical (unpaired) electrons. The van der Waals surface area contributed by atoms with Crippen LogP contribution in [0.4, 0.5) is 0 Å². The normalized spacial score (nSPS) is 11.3. The molecule has 0 atom stereocenters. The van der Waals surface area contributed by atoms with E-state index in [1.165, 1.54) is 19.1 Å². The van der Waals surface area contributed by atoms with Crippen molar-refractivity contribution in [3.63, 3.8) is 0 Å². The van der Waals surface area contributed by atoms with Crippen LogP contribution in [0.2, 0.25) is 0 Å². The fourth-order valence-corrected chi connectivity index (χ4v) is 1.07. The summed E-state index contributed by atoms with van der Waals surface area (Å²) in [6.07, 6.45) is 3.98. The third-order valence-corrected chi connectivity index (χ3v) is 2.12. The van der Waals surface area contributed by atoms with Crippen molar-refractivity contribution in [1.82, 2.24) is 0 Å². The Bertz CT molecular complexity index is 315. The Morgan fingerprint density at radius 2 is 1.93 bits per heavy atom. The average Bonchev–Trinajstić information content (AvgIpc) is 2.19. The van der Waals surface area contributed by atoms with Crippen LogP contribution in [0.15, 0.2) is 12.2 Å². The Kier molecular flexibility index (Phi) is 5.34. The largest absolute Gasteiger partial charge is 0.295 e. The average molecular weight is 204 g/mol. The van der Waals surface area contributed by atoms with Gasteiger partial charge in [0.15, 0.2) is 11.2 Å². The first-order valence-electron chi connectivity index (χ1n) is 4.98. The molecule has 15 heavy (non-hydrogen) atoms. The number of hydrogen-bond acceptors (Lipinski definition) is 3. The van der Waals surface area contributed by atoms with Crippen molar-refractivity contribution < 1.29 is 4.79 Å². The molecule has 0 saturated carbocycles. The fourth-order valence-electron chi connectivity index (χ4n) is 1.07. The zero-order valence-corrected chi connectivity index (χ0v) is 9.45. The highest BCUT2D eigenvalue weighted by molar-refractivity contribution is 5.87. The molecule has 0 aliphatic heterocycles. The van der Waals surface area contributed by atoms with Crippen LogP contribution in [-0.2, 0) is 4.79 Å². The lowest BCUT2D eigenvalue weighted by Crippen LogP contribution is -2.14. The van der Waals surface area contributed by atoms with Gasteiger partial charge in [-0.25, -0.2) is 0 Å². The molecule has 0 spiro atoms. The van der Waals surface area contributed by atoms with Crippen molar-refractivity contribution in [2.24, 2.45) is 11.3 Å². The number of ketones is 1. The molecule has 0 aromatic rings. The van der Waals surface area contributed by atoms with Gasteiger partial charge in [-0.3, -0.25) is 4.79 Å². The molecule has 3 nitrogen and oxygen atoms in total. The standard InChI is InChI=1S/C12H16N2O/c1-10(2)4-6-12(8-13,9-14)7-5-11(3)15/h5,7,10H,4,6H2,1-3H3/b7-5+. The van der Waals surface area contributed by atoms with E-state index in [9.17, 15) is 4.79 Å². The summed E-state index contributed by atoms with van der Waals surface area (Å²) < 4.78 is 0. The molecular weight excluding hydrogens is 188 g/mol. The second-order valence-electron chi connectivity index (χ2n) is 4.07. The molecule has 0 aliphatic carbocycles. The third kappa shape index (κ3) is 4.98. The third-order valence-electron chi connectivity index (χ3n) is 2.12. The van der Waals surface area contributed by atoms with Gasteiger partial charge in [0, 0.05) is 0 Å². The van der Waals surface area contributed by atoms with Crippen molar-refractivity contribution in [2.75, 3.05) is 0 Å². The summed E-state index contributed by atoms with van der Waals surface area (Å²) in [6, 6.07) is 3.95. The van der Waals surface area contributed by atoms with Crippen LogP contribution in [-0.4, -0.2) is 5.78 Å². The van der Waals surface area contributed by atoms with Gasteiger partial charge in [-0.1, -0.05) is 13.8 Å². The number of rotatable bonds is 5. The molecule has 0 aliphatic rings. The van der Waals surface area contributed by atoms with Gasteiger partial charge in [-0.2, -0.15) is 10.5 Å². The van der Waals surface area contributed by atoms with Gasteiger partial charge in [0.2, 0.25) is 0 Å². The Morgan fingerprint density at radius 1 is 1.40 bits per heavy atom. The highest BCUT2D eigenvalue weighted by atomic mass is 16.1. The minimum absolute atomic E-state index is 0.144. The van der Waals surface area contributed by atoms with E-state index in [2.05, 4.69) is 0 Å². The summed E-state index contributed by atoms with van der Waals surface area (Å²) in [6.45, 7) is 5.47. The van der Waals surface area contributed by atoms with Crippen LogP contribution in [0.1, 0.15) is 33.6 Å². The maximum atomic E-state index is 10.8. The predicted octanol–water partition coefficient (Wildman–Crippen LogP) is 2.60. The van der Waals surface area contributed by atoms with Gasteiger partial charge in [-0.05, 0) is 37.8 Å². The monoisotopic (exact) mass is 204 g/mol. The van der Waals surface area contributed by atoms with Crippen LogP contribution in [0.3, 0.4) is 0 Å². The molecule has 3 heteroatoms. The quantitative estimate of drug-likeness (QED) is 0.646. The Hall–Kier alpha value is -1.61. The second kappa shape index (κ2) is 5.98. The van der Waals surface area contributed by atoms with E-state index in [0.717, 1.165) is 6.42 Å². The minimum Gasteiger partial charge on any atom is -0.295 e. The predicted molar refractivity (Wildman–Crippen MR) is 57.6 cm³/mol. The van der Waals surface area contributed by atoms with E-state index < -0.39 is 5.41 Å². The first-order valence-corrected chi connectivity index (χ1v) is 4.98. The lowest BCUT2D eigenvalue weighted by molar-refractivity contribution is -0.112. The van der Waals surface area contributed by atoms with Crippen LogP contribution >= 0.6 is 0 Å². The minimum atomic E-state index is -1.14. The molecule has 80 valence electrons. The van der Waals surface area contributed by atoms with Crippen molar-refractivity contribution in [3.05, 3.63) is 12.2 Å². The van der Waals surface area contributed by atoms with Crippen LogP contribution in [0.25, 0.3) is 0 Å². The Morgan fingerprint density at radius 3 is 2.27 bits per heavy atom. The summed E-state index contributed by atoms with van der Waals surface area (Å²) in [5.41, 5.74) is -1.14. The molecule has 0 aromatic carbocycles. The maximum Gasteiger partial charge on any atom is 0.162 e. The molecule has 0 amide bonds. The highest BCUT2D eigenvalue weighted by Gasteiger charge is 2.26. The SMILES string of the molecule is CC(=O)/C=C/C(C#N)(C#N)CCC(C)C. The van der Waals surface area contributed by atoms with E-state index in [0.29, 0.717) is 12.3 Å². The van der Waals surface area contributed by atoms with E-state index in [4.69, 9.17) is 10.5 Å². The Labute approximate surface area is 91.0 Å². The van der Waals surface area contributed by atoms with Crippen molar-refractivity contribution in [3.8, 4) is 12.1 Å². The molecule has 0 saturated heterocycles. The number of carbonyl (C=O) groups excluding carboxylic acids is 1. The maximum absolute atomic E-state index is 10.8. The first-order chi connectivity index (χ1) is 6.95. The van der Waals surface area contributed by atoms with Crippen molar-refractivity contribution in [1.29, 1.82) is 10.5 Å². The van der Waals surface area contributed by atoms with Gasteiger partial charge in [0.25, 0.3) is 0 Å². The van der Waals surface area contributed by atoms with Crippen LogP contribution in [0.5, 0.6) is 0 Å². The van der Waals surface area contributed by atoms with E-state index in [1.807, 2.05) is 26.0 Å². The van der Waals surface area contributed by atoms with Gasteiger partial charge in [-0.15, -0.1) is 0 Å². The fraction of sp³-hybridized carbons (Fsp3) is 0.583. The van der Waals surface area contributed by atoms with Gasteiger partial charge >= 0.3 is 0 Å². The summed E-state index contributed by atoms with van der Waals surface area (Å²) in [7, 11) is 0. The molecule has 0 unspecified atom stereocenters. The number of nitriles is 2. The summed E-state index contributed by atoms with van der Waals surface area (Å²) in [5.74, 6) is 0.297. The van der Waals surface area contributed by atoms with Crippen LogP contribution in [0, 0.1) is 34.0 Å². The molecule has 0 rings (SSSR count). The van der Waals surface area contributed by atoms with Crippen molar-refractivity contribution >= 4 is 5.78 Å². The first kappa shape index (κ1) is 13.4. The number of nitrogens with zero attached hydrogens (tertiary/aromatic N) is 2. The molecule has 0 aromatic heterocycles. The van der Waals surface area contributed by atoms with Gasteiger partial charge in [0.05, 0.1) is 12.1 Å². The molecule has 0 heterocycles. The second-order valence-corrected chi connectivity index (χ2v) is 4.07. The van der Waals surface area contributed by atoms with E-state index in [-0.39, 0.29) is 5.78 Å². The lowest BCUT2D eigenvalue weighted by Gasteiger charge is -2.14. The van der Waals surface area contributed by atoms with Crippen LogP contribution < -0.4 is 0 Å². The topological polar surface area (TPSA) is 64.7 Å². The number of hydrogen-bond donors (Lipinski definition) is 0.